The van der Waals surface area contributed by atoms with Crippen LogP contribution in [0.5, 0.6) is 11.6 Å². The van der Waals surface area contributed by atoms with E-state index in [9.17, 15) is 9.90 Å². The summed E-state index contributed by atoms with van der Waals surface area (Å²) in [5.41, 5.74) is 2.88. The van der Waals surface area contributed by atoms with Gasteiger partial charge in [-0.05, 0) is 61.6 Å². The van der Waals surface area contributed by atoms with Gasteiger partial charge >= 0.3 is 0 Å². The molecule has 2 fully saturated rings. The number of Topliss-reactive ketones (excluding diaryl/α,β-unsaturated/α-hetero) is 1. The van der Waals surface area contributed by atoms with Crippen LogP contribution < -0.4 is 4.74 Å². The molecular formula is C23H23Cl2NO4. The molecule has 5 nitrogen and oxygen atoms in total. The van der Waals surface area contributed by atoms with E-state index in [1.54, 1.807) is 6.07 Å². The van der Waals surface area contributed by atoms with Crippen LogP contribution in [0, 0.1) is 25.7 Å². The van der Waals surface area contributed by atoms with Gasteiger partial charge in [0, 0.05) is 6.20 Å². The molecule has 0 radical (unpaired) electrons. The SMILES string of the molecule is C.Cc1cc(Oc2ncc(Cl)cc2Cl)cc(C)c1C1=C(O)C2[C@@H](C1=O)[C@@H]1CC[C@H]2O1. The first-order valence-corrected chi connectivity index (χ1v) is 10.3. The Morgan fingerprint density at radius 1 is 1.10 bits per heavy atom. The maximum Gasteiger partial charge on any atom is 0.238 e. The number of aryl methyl sites for hydroxylation is 2. The maximum atomic E-state index is 13.2. The lowest BCUT2D eigenvalue weighted by atomic mass is 9.80. The molecule has 2 bridgehead atoms. The van der Waals surface area contributed by atoms with Gasteiger partial charge in [0.1, 0.15) is 16.5 Å². The normalized spacial score (nSPS) is 26.7. The summed E-state index contributed by atoms with van der Waals surface area (Å²) in [6, 6.07) is 5.21. The van der Waals surface area contributed by atoms with Gasteiger partial charge in [0.25, 0.3) is 0 Å². The van der Waals surface area contributed by atoms with Crippen molar-refractivity contribution in [2.75, 3.05) is 0 Å². The Bertz CT molecular complexity index is 1060. The van der Waals surface area contributed by atoms with E-state index in [0.29, 0.717) is 21.4 Å². The second-order valence-electron chi connectivity index (χ2n) is 7.94. The van der Waals surface area contributed by atoms with Crippen molar-refractivity contribution in [3.8, 4) is 11.6 Å². The zero-order valence-electron chi connectivity index (χ0n) is 15.9. The molecule has 158 valence electrons. The number of aliphatic hydroxyl groups is 1. The average Bonchev–Trinajstić information content (AvgIpc) is 3.33. The Morgan fingerprint density at radius 3 is 2.33 bits per heavy atom. The highest BCUT2D eigenvalue weighted by molar-refractivity contribution is 6.35. The van der Waals surface area contributed by atoms with Gasteiger partial charge in [-0.15, -0.1) is 0 Å². The average molecular weight is 448 g/mol. The number of ether oxygens (including phenoxy) is 2. The molecule has 0 spiro atoms. The predicted molar refractivity (Wildman–Crippen MR) is 116 cm³/mol. The summed E-state index contributed by atoms with van der Waals surface area (Å²) in [6.07, 6.45) is 3.13. The Balaban J connectivity index is 0.00000218. The van der Waals surface area contributed by atoms with Crippen molar-refractivity contribution in [3.05, 3.63) is 56.9 Å². The summed E-state index contributed by atoms with van der Waals surface area (Å²) >= 11 is 12.0. The van der Waals surface area contributed by atoms with Gasteiger partial charge in [0.05, 0.1) is 34.6 Å². The molecule has 7 heteroatoms. The second-order valence-corrected chi connectivity index (χ2v) is 8.78. The van der Waals surface area contributed by atoms with E-state index < -0.39 is 0 Å². The summed E-state index contributed by atoms with van der Waals surface area (Å²) in [5.74, 6) is 0.509. The Kier molecular flexibility index (Phi) is 5.33. The van der Waals surface area contributed by atoms with Crippen molar-refractivity contribution in [2.24, 2.45) is 11.8 Å². The number of rotatable bonds is 3. The van der Waals surface area contributed by atoms with Crippen molar-refractivity contribution in [3.63, 3.8) is 0 Å². The first-order chi connectivity index (χ1) is 13.8. The van der Waals surface area contributed by atoms with Crippen molar-refractivity contribution < 1.29 is 19.4 Å². The van der Waals surface area contributed by atoms with Gasteiger partial charge in [-0.1, -0.05) is 30.6 Å². The van der Waals surface area contributed by atoms with E-state index in [1.807, 2.05) is 26.0 Å². The molecular weight excluding hydrogens is 425 g/mol. The highest BCUT2D eigenvalue weighted by atomic mass is 35.5. The monoisotopic (exact) mass is 447 g/mol. The Morgan fingerprint density at radius 2 is 1.73 bits per heavy atom. The topological polar surface area (TPSA) is 68.7 Å². The van der Waals surface area contributed by atoms with Crippen LogP contribution in [-0.2, 0) is 9.53 Å². The fraction of sp³-hybridized carbons (Fsp3) is 0.391. The fourth-order valence-corrected chi connectivity index (χ4v) is 5.45. The lowest BCUT2D eigenvalue weighted by molar-refractivity contribution is -0.118. The third-order valence-electron chi connectivity index (χ3n) is 6.14. The quantitative estimate of drug-likeness (QED) is 0.617. The lowest BCUT2D eigenvalue weighted by Gasteiger charge is -2.19. The predicted octanol–water partition coefficient (Wildman–Crippen LogP) is 6.08. The smallest absolute Gasteiger partial charge is 0.238 e. The number of aromatic nitrogens is 1. The zero-order chi connectivity index (χ0) is 20.4. The van der Waals surface area contributed by atoms with E-state index >= 15 is 0 Å². The molecule has 3 heterocycles. The van der Waals surface area contributed by atoms with Crippen LogP contribution in [0.4, 0.5) is 0 Å². The minimum Gasteiger partial charge on any atom is -0.511 e. The molecule has 1 aromatic heterocycles. The summed E-state index contributed by atoms with van der Waals surface area (Å²) in [4.78, 5) is 17.3. The standard InChI is InChI=1S/C22H19Cl2NO4.CH4/c1-9-5-12(28-22-13(24)7-11(23)8-25-22)6-10(2)16(9)19-20(26)17-14-3-4-15(29-14)18(17)21(19)27;/h5-8,14-15,17-18,26H,3-4H2,1-2H3;1H4/t14-,15+,17?,18+;/m1./s1. The van der Waals surface area contributed by atoms with Gasteiger partial charge in [0.15, 0.2) is 5.78 Å². The van der Waals surface area contributed by atoms with E-state index in [0.717, 1.165) is 29.5 Å². The number of pyridine rings is 1. The fourth-order valence-electron chi connectivity index (χ4n) is 5.03. The molecule has 0 saturated carbocycles. The minimum absolute atomic E-state index is 0. The van der Waals surface area contributed by atoms with Crippen LogP contribution in [-0.4, -0.2) is 28.1 Å². The van der Waals surface area contributed by atoms with E-state index in [1.165, 1.54) is 6.20 Å². The van der Waals surface area contributed by atoms with Gasteiger partial charge in [0.2, 0.25) is 5.88 Å². The molecule has 5 rings (SSSR count). The number of carbonyl (C=O) groups excluding carboxylic acids is 1. The lowest BCUT2D eigenvalue weighted by Crippen LogP contribution is -2.29. The zero-order valence-corrected chi connectivity index (χ0v) is 17.4. The Hall–Kier alpha value is -2.08. The number of hydrogen-bond acceptors (Lipinski definition) is 5. The van der Waals surface area contributed by atoms with Crippen molar-refractivity contribution >= 4 is 34.6 Å². The highest BCUT2D eigenvalue weighted by Crippen LogP contribution is 2.54. The number of nitrogens with zero attached hydrogens (tertiary/aromatic N) is 1. The first-order valence-electron chi connectivity index (χ1n) is 9.58. The molecule has 1 unspecified atom stereocenters. The number of carbonyl (C=O) groups is 1. The van der Waals surface area contributed by atoms with Crippen molar-refractivity contribution in [2.45, 2.75) is 46.3 Å². The second kappa shape index (κ2) is 7.56. The Labute approximate surface area is 185 Å². The molecule has 4 atom stereocenters. The summed E-state index contributed by atoms with van der Waals surface area (Å²) in [7, 11) is 0. The molecule has 3 aliphatic rings. The number of fused-ring (bicyclic) bond motifs is 5. The van der Waals surface area contributed by atoms with E-state index in [4.69, 9.17) is 32.7 Å². The molecule has 1 aromatic carbocycles. The molecule has 2 aromatic rings. The summed E-state index contributed by atoms with van der Waals surface area (Å²) in [5, 5.41) is 11.7. The molecule has 2 aliphatic heterocycles. The van der Waals surface area contributed by atoms with Crippen LogP contribution in [0.25, 0.3) is 5.57 Å². The molecule has 30 heavy (non-hydrogen) atoms. The third kappa shape index (κ3) is 3.11. The van der Waals surface area contributed by atoms with E-state index in [-0.39, 0.29) is 48.9 Å². The number of hydrogen-bond donors (Lipinski definition) is 1. The summed E-state index contributed by atoms with van der Waals surface area (Å²) in [6.45, 7) is 3.80. The first kappa shape index (κ1) is 21.2. The maximum absolute atomic E-state index is 13.2. The number of benzene rings is 1. The van der Waals surface area contributed by atoms with Gasteiger partial charge < -0.3 is 14.6 Å². The van der Waals surface area contributed by atoms with Crippen molar-refractivity contribution in [1.29, 1.82) is 0 Å². The van der Waals surface area contributed by atoms with Crippen LogP contribution in [0.1, 0.15) is 37.0 Å². The van der Waals surface area contributed by atoms with Crippen molar-refractivity contribution in [1.82, 2.24) is 4.98 Å². The molecule has 2 saturated heterocycles. The van der Waals surface area contributed by atoms with Gasteiger partial charge in [-0.2, -0.15) is 0 Å². The number of aliphatic hydroxyl groups excluding tert-OH is 1. The summed E-state index contributed by atoms with van der Waals surface area (Å²) < 4.78 is 11.7. The molecule has 0 amide bonds. The van der Waals surface area contributed by atoms with Crippen LogP contribution >= 0.6 is 23.2 Å². The molecule has 1 aliphatic carbocycles. The van der Waals surface area contributed by atoms with Crippen LogP contribution in [0.3, 0.4) is 0 Å². The highest BCUT2D eigenvalue weighted by Gasteiger charge is 2.59. The number of allylic oxidation sites excluding steroid dienone is 1. The third-order valence-corrected chi connectivity index (χ3v) is 6.62. The van der Waals surface area contributed by atoms with Gasteiger partial charge in [-0.25, -0.2) is 4.98 Å². The van der Waals surface area contributed by atoms with E-state index in [2.05, 4.69) is 4.98 Å². The van der Waals surface area contributed by atoms with Crippen LogP contribution in [0.15, 0.2) is 30.2 Å². The number of halogens is 2. The number of ketones is 1. The molecule has 1 N–H and O–H groups in total. The van der Waals surface area contributed by atoms with Gasteiger partial charge in [-0.3, -0.25) is 4.79 Å². The largest absolute Gasteiger partial charge is 0.511 e. The van der Waals surface area contributed by atoms with Crippen LogP contribution in [0.2, 0.25) is 10.0 Å². The minimum atomic E-state index is -0.254.